The van der Waals surface area contributed by atoms with Crippen LogP contribution in [-0.4, -0.2) is 42.0 Å². The molecule has 0 aromatic heterocycles. The minimum Gasteiger partial charge on any atom is -0.323 e. The molecule has 0 amide bonds. The smallest absolute Gasteiger partial charge is 0.323 e. The predicted octanol–water partition coefficient (Wildman–Crippen LogP) is 2.91. The summed E-state index contributed by atoms with van der Waals surface area (Å²) in [6.07, 6.45) is 7.84. The SMILES string of the molecule is CCC1(SC)C=CC=CC1S(=O)(=O)OCP(=O)(O)OC(C)C. The third kappa shape index (κ3) is 4.94. The minimum absolute atomic E-state index is 0.499. The Bertz CT molecular complexity index is 577. The van der Waals surface area contributed by atoms with Crippen molar-refractivity contribution in [1.29, 1.82) is 0 Å². The average Bonchev–Trinajstić information content (AvgIpc) is 2.44. The van der Waals surface area contributed by atoms with Crippen LogP contribution in [-0.2, 0) is 23.4 Å². The van der Waals surface area contributed by atoms with Gasteiger partial charge >= 0.3 is 7.60 Å². The molecule has 0 saturated heterocycles. The van der Waals surface area contributed by atoms with Gasteiger partial charge in [0.2, 0.25) is 0 Å². The van der Waals surface area contributed by atoms with Crippen LogP contribution in [0.1, 0.15) is 27.2 Å². The second kappa shape index (κ2) is 7.64. The van der Waals surface area contributed by atoms with E-state index in [1.165, 1.54) is 11.8 Å². The number of hydrogen-bond acceptors (Lipinski definition) is 6. The Kier molecular flexibility index (Phi) is 6.92. The topological polar surface area (TPSA) is 89.9 Å². The van der Waals surface area contributed by atoms with Crippen molar-refractivity contribution >= 4 is 29.5 Å². The summed E-state index contributed by atoms with van der Waals surface area (Å²) in [5, 5.41) is -0.913. The highest BCUT2D eigenvalue weighted by Crippen LogP contribution is 2.45. The number of hydrogen-bond donors (Lipinski definition) is 1. The van der Waals surface area contributed by atoms with Gasteiger partial charge in [0.05, 0.1) is 10.9 Å². The molecule has 0 radical (unpaired) electrons. The molecular formula is C13H23O6PS2. The van der Waals surface area contributed by atoms with E-state index >= 15 is 0 Å². The van der Waals surface area contributed by atoms with Crippen LogP contribution in [0.25, 0.3) is 0 Å². The van der Waals surface area contributed by atoms with E-state index in [0.29, 0.717) is 6.42 Å². The summed E-state index contributed by atoms with van der Waals surface area (Å²) >= 11 is 1.41. The first kappa shape index (κ1) is 19.9. The normalized spacial score (nSPS) is 28.0. The molecule has 0 aliphatic heterocycles. The van der Waals surface area contributed by atoms with E-state index in [4.69, 9.17) is 8.71 Å². The number of allylic oxidation sites excluding steroid dienone is 2. The van der Waals surface area contributed by atoms with E-state index in [2.05, 4.69) is 0 Å². The van der Waals surface area contributed by atoms with Crippen LogP contribution in [0.3, 0.4) is 0 Å². The van der Waals surface area contributed by atoms with Crippen LogP contribution in [0.15, 0.2) is 24.3 Å². The van der Waals surface area contributed by atoms with Crippen LogP contribution in [0.5, 0.6) is 0 Å². The van der Waals surface area contributed by atoms with E-state index in [1.807, 2.05) is 19.3 Å². The van der Waals surface area contributed by atoms with Gasteiger partial charge < -0.3 is 9.42 Å². The predicted molar refractivity (Wildman–Crippen MR) is 89.5 cm³/mol. The maximum absolute atomic E-state index is 12.4. The fourth-order valence-electron chi connectivity index (χ4n) is 2.20. The molecule has 1 N–H and O–H groups in total. The Morgan fingerprint density at radius 3 is 2.55 bits per heavy atom. The molecule has 0 aromatic rings. The molecule has 22 heavy (non-hydrogen) atoms. The maximum atomic E-state index is 12.4. The third-order valence-corrected chi connectivity index (χ3v) is 7.87. The molecule has 0 aromatic carbocycles. The van der Waals surface area contributed by atoms with Gasteiger partial charge in [-0.05, 0) is 26.5 Å². The lowest BCUT2D eigenvalue weighted by atomic mass is 9.96. The zero-order chi connectivity index (χ0) is 17.0. The zero-order valence-corrected chi connectivity index (χ0v) is 15.7. The molecule has 1 rings (SSSR count). The largest absolute Gasteiger partial charge is 0.355 e. The molecule has 0 bridgehead atoms. The Hall–Kier alpha value is -0.110. The van der Waals surface area contributed by atoms with Gasteiger partial charge in [-0.3, -0.25) is 8.75 Å². The molecule has 1 aliphatic rings. The summed E-state index contributed by atoms with van der Waals surface area (Å²) in [4.78, 5) is 9.60. The second-order valence-corrected chi connectivity index (χ2v) is 9.85. The van der Waals surface area contributed by atoms with Gasteiger partial charge in [-0.2, -0.15) is 20.2 Å². The molecular weight excluding hydrogens is 347 g/mol. The van der Waals surface area contributed by atoms with Crippen molar-refractivity contribution in [2.24, 2.45) is 0 Å². The van der Waals surface area contributed by atoms with Gasteiger partial charge in [0.1, 0.15) is 5.25 Å². The van der Waals surface area contributed by atoms with Crippen molar-refractivity contribution in [2.45, 2.75) is 43.3 Å². The van der Waals surface area contributed by atoms with Crippen molar-refractivity contribution in [3.63, 3.8) is 0 Å². The van der Waals surface area contributed by atoms with Gasteiger partial charge in [0.25, 0.3) is 10.1 Å². The summed E-state index contributed by atoms with van der Waals surface area (Å²) in [6, 6.07) is 0. The van der Waals surface area contributed by atoms with E-state index < -0.39 is 40.2 Å². The first-order valence-electron chi connectivity index (χ1n) is 6.88. The Labute approximate surface area is 136 Å². The van der Waals surface area contributed by atoms with Crippen molar-refractivity contribution in [3.8, 4) is 0 Å². The second-order valence-electron chi connectivity index (χ2n) is 5.21. The van der Waals surface area contributed by atoms with Gasteiger partial charge in [-0.25, -0.2) is 0 Å². The zero-order valence-electron chi connectivity index (χ0n) is 13.1. The molecule has 0 heterocycles. The number of rotatable bonds is 8. The van der Waals surface area contributed by atoms with Crippen molar-refractivity contribution in [2.75, 3.05) is 12.6 Å². The third-order valence-electron chi connectivity index (χ3n) is 3.26. The van der Waals surface area contributed by atoms with E-state index in [1.54, 1.807) is 32.1 Å². The molecule has 0 fully saturated rings. The molecule has 1 aliphatic carbocycles. The quantitative estimate of drug-likeness (QED) is 0.519. The molecule has 6 nitrogen and oxygen atoms in total. The van der Waals surface area contributed by atoms with Crippen LogP contribution < -0.4 is 0 Å². The van der Waals surface area contributed by atoms with Crippen LogP contribution in [0.2, 0.25) is 0 Å². The molecule has 0 saturated carbocycles. The lowest BCUT2D eigenvalue weighted by Crippen LogP contribution is -2.43. The van der Waals surface area contributed by atoms with Gasteiger partial charge in [0, 0.05) is 0 Å². The first-order valence-corrected chi connectivity index (χ1v) is 11.3. The Morgan fingerprint density at radius 2 is 2.05 bits per heavy atom. The van der Waals surface area contributed by atoms with E-state index in [0.717, 1.165) is 0 Å². The minimum atomic E-state index is -4.11. The molecule has 9 heteroatoms. The summed E-state index contributed by atoms with van der Waals surface area (Å²) in [7, 11) is -8.16. The summed E-state index contributed by atoms with van der Waals surface area (Å²) < 4.78 is 45.6. The molecule has 3 atom stereocenters. The standard InChI is InChI=1S/C13H23O6PS2/c1-5-13(21-4)9-7-6-8-12(13)22(16,17)18-10-20(14,15)19-11(2)3/h6-9,11-12H,5,10H2,1-4H3,(H,14,15). The highest BCUT2D eigenvalue weighted by Gasteiger charge is 2.44. The lowest BCUT2D eigenvalue weighted by molar-refractivity contribution is 0.187. The van der Waals surface area contributed by atoms with Crippen molar-refractivity contribution < 1.29 is 26.6 Å². The number of thioether (sulfide) groups is 1. The summed E-state index contributed by atoms with van der Waals surface area (Å²) in [5.41, 5.74) is 0. The summed E-state index contributed by atoms with van der Waals surface area (Å²) in [6.45, 7) is 5.06. The lowest BCUT2D eigenvalue weighted by Gasteiger charge is -2.35. The molecule has 0 spiro atoms. The van der Waals surface area contributed by atoms with E-state index in [9.17, 15) is 17.9 Å². The maximum Gasteiger partial charge on any atom is 0.355 e. The Morgan fingerprint density at radius 1 is 1.41 bits per heavy atom. The monoisotopic (exact) mass is 370 g/mol. The van der Waals surface area contributed by atoms with Crippen molar-refractivity contribution in [3.05, 3.63) is 24.3 Å². The van der Waals surface area contributed by atoms with Crippen LogP contribution in [0, 0.1) is 0 Å². The van der Waals surface area contributed by atoms with Crippen LogP contribution >= 0.6 is 19.4 Å². The average molecular weight is 370 g/mol. The van der Waals surface area contributed by atoms with Gasteiger partial charge in [-0.1, -0.05) is 31.2 Å². The fraction of sp³-hybridized carbons (Fsp3) is 0.692. The highest BCUT2D eigenvalue weighted by molar-refractivity contribution is 8.01. The first-order chi connectivity index (χ1) is 10.1. The van der Waals surface area contributed by atoms with Crippen LogP contribution in [0.4, 0.5) is 0 Å². The molecule has 128 valence electrons. The molecule has 3 unspecified atom stereocenters. The van der Waals surface area contributed by atoms with E-state index in [-0.39, 0.29) is 0 Å². The van der Waals surface area contributed by atoms with Crippen molar-refractivity contribution in [1.82, 2.24) is 0 Å². The highest BCUT2D eigenvalue weighted by atomic mass is 32.2. The van der Waals surface area contributed by atoms with Gasteiger partial charge in [0.15, 0.2) is 6.35 Å². The Balaban J connectivity index is 2.92. The van der Waals surface area contributed by atoms with Gasteiger partial charge in [-0.15, -0.1) is 0 Å². The summed E-state index contributed by atoms with van der Waals surface area (Å²) in [5.74, 6) is 0. The fourth-order valence-corrected chi connectivity index (χ4v) is 6.66.